The Kier molecular flexibility index (Phi) is 4.86. The van der Waals surface area contributed by atoms with Crippen molar-refractivity contribution in [3.05, 3.63) is 70.5 Å². The lowest BCUT2D eigenvalue weighted by molar-refractivity contribution is -0.116. The average Bonchev–Trinajstić information content (AvgIpc) is 2.45. The zero-order valence-corrected chi connectivity index (χ0v) is 11.8. The molecule has 0 atom stereocenters. The molecule has 0 aliphatic rings. The van der Waals surface area contributed by atoms with Crippen molar-refractivity contribution in [2.45, 2.75) is 6.54 Å². The van der Waals surface area contributed by atoms with Gasteiger partial charge in [0.05, 0.1) is 5.69 Å². The fourth-order valence-electron chi connectivity index (χ4n) is 1.49. The van der Waals surface area contributed by atoms with Gasteiger partial charge in [0.2, 0.25) is 5.91 Å². The van der Waals surface area contributed by atoms with Crippen molar-refractivity contribution in [2.75, 3.05) is 0 Å². The second-order valence-electron chi connectivity index (χ2n) is 3.93. The van der Waals surface area contributed by atoms with Gasteiger partial charge in [0, 0.05) is 23.3 Å². The van der Waals surface area contributed by atoms with E-state index in [0.717, 1.165) is 15.7 Å². The Labute approximate surface area is 120 Å². The lowest BCUT2D eigenvalue weighted by atomic mass is 10.2. The number of amides is 1. The monoisotopic (exact) mass is 316 g/mol. The molecule has 0 radical (unpaired) electrons. The van der Waals surface area contributed by atoms with Crippen molar-refractivity contribution in [3.8, 4) is 0 Å². The van der Waals surface area contributed by atoms with Gasteiger partial charge in [-0.3, -0.25) is 9.78 Å². The molecule has 0 aliphatic heterocycles. The van der Waals surface area contributed by atoms with Gasteiger partial charge in [-0.1, -0.05) is 34.1 Å². The molecule has 2 aromatic rings. The van der Waals surface area contributed by atoms with Gasteiger partial charge in [-0.2, -0.15) is 0 Å². The van der Waals surface area contributed by atoms with Crippen LogP contribution in [0.25, 0.3) is 6.08 Å². The third-order valence-corrected chi connectivity index (χ3v) is 3.00. The van der Waals surface area contributed by atoms with Crippen LogP contribution in [-0.2, 0) is 11.3 Å². The second-order valence-corrected chi connectivity index (χ2v) is 4.85. The Morgan fingerprint density at radius 2 is 2.00 bits per heavy atom. The Hall–Kier alpha value is -1.94. The maximum absolute atomic E-state index is 11.6. The van der Waals surface area contributed by atoms with E-state index >= 15 is 0 Å². The minimum Gasteiger partial charge on any atom is -0.348 e. The van der Waals surface area contributed by atoms with Crippen LogP contribution in [0.3, 0.4) is 0 Å². The number of hydrogen-bond acceptors (Lipinski definition) is 2. The van der Waals surface area contributed by atoms with Crippen LogP contribution in [0.2, 0.25) is 0 Å². The molecule has 19 heavy (non-hydrogen) atoms. The Morgan fingerprint density at radius 1 is 1.21 bits per heavy atom. The third kappa shape index (κ3) is 4.67. The van der Waals surface area contributed by atoms with Crippen LogP contribution in [0.15, 0.2) is 59.2 Å². The predicted octanol–water partition coefficient (Wildman–Crippen LogP) is 3.17. The molecule has 96 valence electrons. The van der Waals surface area contributed by atoms with Crippen LogP contribution in [0.4, 0.5) is 0 Å². The maximum atomic E-state index is 11.6. The molecule has 1 aromatic heterocycles. The molecule has 0 saturated heterocycles. The number of carbonyl (C=O) groups excluding carboxylic acids is 1. The normalized spacial score (nSPS) is 10.6. The molecule has 0 aliphatic carbocycles. The predicted molar refractivity (Wildman–Crippen MR) is 79.3 cm³/mol. The number of pyridine rings is 1. The molecule has 0 unspecified atom stereocenters. The smallest absolute Gasteiger partial charge is 0.244 e. The first-order chi connectivity index (χ1) is 9.24. The zero-order valence-electron chi connectivity index (χ0n) is 10.2. The highest BCUT2D eigenvalue weighted by atomic mass is 79.9. The average molecular weight is 317 g/mol. The molecule has 1 N–H and O–H groups in total. The van der Waals surface area contributed by atoms with E-state index in [-0.39, 0.29) is 5.91 Å². The van der Waals surface area contributed by atoms with Gasteiger partial charge in [-0.25, -0.2) is 0 Å². The van der Waals surface area contributed by atoms with Crippen molar-refractivity contribution in [3.63, 3.8) is 0 Å². The van der Waals surface area contributed by atoms with Crippen LogP contribution in [0, 0.1) is 0 Å². The van der Waals surface area contributed by atoms with Gasteiger partial charge in [0.1, 0.15) is 0 Å². The molecule has 1 amide bonds. The van der Waals surface area contributed by atoms with Crippen LogP contribution < -0.4 is 5.32 Å². The number of benzene rings is 1. The SMILES string of the molecule is O=C(/C=C/c1ccccn1)NCc1ccc(Br)cc1. The molecule has 0 spiro atoms. The standard InChI is InChI=1S/C15H13BrN2O/c16-13-6-4-12(5-7-13)11-18-15(19)9-8-14-3-1-2-10-17-14/h1-10H,11H2,(H,18,19)/b9-8+. The quantitative estimate of drug-likeness (QED) is 0.880. The van der Waals surface area contributed by atoms with Gasteiger partial charge in [-0.05, 0) is 35.9 Å². The summed E-state index contributed by atoms with van der Waals surface area (Å²) >= 11 is 3.37. The summed E-state index contributed by atoms with van der Waals surface area (Å²) in [6.45, 7) is 0.513. The largest absolute Gasteiger partial charge is 0.348 e. The fourth-order valence-corrected chi connectivity index (χ4v) is 1.75. The summed E-state index contributed by atoms with van der Waals surface area (Å²) < 4.78 is 1.03. The molecule has 0 bridgehead atoms. The summed E-state index contributed by atoms with van der Waals surface area (Å²) in [6.07, 6.45) is 4.87. The minimum absolute atomic E-state index is 0.131. The van der Waals surface area contributed by atoms with Gasteiger partial charge >= 0.3 is 0 Å². The lowest BCUT2D eigenvalue weighted by Crippen LogP contribution is -2.20. The zero-order chi connectivity index (χ0) is 13.5. The summed E-state index contributed by atoms with van der Waals surface area (Å²) in [5.74, 6) is -0.131. The van der Waals surface area contributed by atoms with E-state index < -0.39 is 0 Å². The van der Waals surface area contributed by atoms with Crippen molar-refractivity contribution in [1.29, 1.82) is 0 Å². The molecule has 0 fully saturated rings. The Bertz CT molecular complexity index is 564. The highest BCUT2D eigenvalue weighted by Gasteiger charge is 1.97. The van der Waals surface area contributed by atoms with Crippen molar-refractivity contribution >= 4 is 27.9 Å². The molecular weight excluding hydrogens is 304 g/mol. The molecule has 0 saturated carbocycles. The Morgan fingerprint density at radius 3 is 2.68 bits per heavy atom. The molecule has 2 rings (SSSR count). The summed E-state index contributed by atoms with van der Waals surface area (Å²) in [7, 11) is 0. The third-order valence-electron chi connectivity index (χ3n) is 2.47. The van der Waals surface area contributed by atoms with E-state index in [0.29, 0.717) is 6.54 Å². The molecule has 3 nitrogen and oxygen atoms in total. The van der Waals surface area contributed by atoms with E-state index in [1.807, 2.05) is 42.5 Å². The molecular formula is C15H13BrN2O. The number of halogens is 1. The van der Waals surface area contributed by atoms with Crippen LogP contribution >= 0.6 is 15.9 Å². The van der Waals surface area contributed by atoms with Crippen molar-refractivity contribution in [1.82, 2.24) is 10.3 Å². The van der Waals surface area contributed by atoms with Crippen molar-refractivity contribution < 1.29 is 4.79 Å². The first kappa shape index (κ1) is 13.5. The lowest BCUT2D eigenvalue weighted by Gasteiger charge is -2.02. The highest BCUT2D eigenvalue weighted by Crippen LogP contribution is 2.10. The van der Waals surface area contributed by atoms with E-state index in [2.05, 4.69) is 26.2 Å². The number of rotatable bonds is 4. The number of nitrogens with one attached hydrogen (secondary N) is 1. The van der Waals surface area contributed by atoms with Gasteiger partial charge < -0.3 is 5.32 Å². The van der Waals surface area contributed by atoms with Crippen LogP contribution in [-0.4, -0.2) is 10.9 Å². The van der Waals surface area contributed by atoms with E-state index in [1.165, 1.54) is 6.08 Å². The topological polar surface area (TPSA) is 42.0 Å². The van der Waals surface area contributed by atoms with Crippen LogP contribution in [0.1, 0.15) is 11.3 Å². The van der Waals surface area contributed by atoms with Gasteiger partial charge in [-0.15, -0.1) is 0 Å². The first-order valence-corrected chi connectivity index (χ1v) is 6.65. The number of nitrogens with zero attached hydrogens (tertiary/aromatic N) is 1. The van der Waals surface area contributed by atoms with Crippen molar-refractivity contribution in [2.24, 2.45) is 0 Å². The number of hydrogen-bond donors (Lipinski definition) is 1. The highest BCUT2D eigenvalue weighted by molar-refractivity contribution is 9.10. The summed E-state index contributed by atoms with van der Waals surface area (Å²) in [5, 5.41) is 2.82. The first-order valence-electron chi connectivity index (χ1n) is 5.85. The van der Waals surface area contributed by atoms with Gasteiger partial charge in [0.25, 0.3) is 0 Å². The van der Waals surface area contributed by atoms with E-state index in [4.69, 9.17) is 0 Å². The number of aromatic nitrogens is 1. The summed E-state index contributed by atoms with van der Waals surface area (Å²) in [6, 6.07) is 13.4. The second kappa shape index (κ2) is 6.85. The number of carbonyl (C=O) groups is 1. The van der Waals surface area contributed by atoms with E-state index in [1.54, 1.807) is 12.3 Å². The molecule has 4 heteroatoms. The van der Waals surface area contributed by atoms with Gasteiger partial charge in [0.15, 0.2) is 0 Å². The maximum Gasteiger partial charge on any atom is 0.244 e. The Balaban J connectivity index is 1.85. The molecule has 1 aromatic carbocycles. The molecule has 1 heterocycles. The summed E-state index contributed by atoms with van der Waals surface area (Å²) in [4.78, 5) is 15.7. The van der Waals surface area contributed by atoms with Crippen LogP contribution in [0.5, 0.6) is 0 Å². The fraction of sp³-hybridized carbons (Fsp3) is 0.0667. The van der Waals surface area contributed by atoms with E-state index in [9.17, 15) is 4.79 Å². The summed E-state index contributed by atoms with van der Waals surface area (Å²) in [5.41, 5.74) is 1.82. The minimum atomic E-state index is -0.131.